The molecule has 1 aliphatic carbocycles. The SMILES string of the molecule is CC(C)(C)CCNC(=O)CC1(C(=O)O)CCCCC1. The molecule has 4 nitrogen and oxygen atoms in total. The molecule has 0 radical (unpaired) electrons. The average Bonchev–Trinajstić information content (AvgIpc) is 2.28. The fourth-order valence-corrected chi connectivity index (χ4v) is 2.64. The van der Waals surface area contributed by atoms with Crippen molar-refractivity contribution in [3.05, 3.63) is 0 Å². The van der Waals surface area contributed by atoms with Gasteiger partial charge in [-0.2, -0.15) is 0 Å². The van der Waals surface area contributed by atoms with E-state index < -0.39 is 11.4 Å². The number of carboxylic acids is 1. The summed E-state index contributed by atoms with van der Waals surface area (Å²) >= 11 is 0. The lowest BCUT2D eigenvalue weighted by molar-refractivity contribution is -0.154. The average molecular weight is 269 g/mol. The van der Waals surface area contributed by atoms with Crippen LogP contribution in [0.4, 0.5) is 0 Å². The highest BCUT2D eigenvalue weighted by molar-refractivity contribution is 5.85. The number of carbonyl (C=O) groups excluding carboxylic acids is 1. The molecule has 1 fully saturated rings. The smallest absolute Gasteiger partial charge is 0.310 e. The van der Waals surface area contributed by atoms with E-state index in [1.165, 1.54) is 0 Å². The Labute approximate surface area is 116 Å². The minimum absolute atomic E-state index is 0.117. The maximum atomic E-state index is 11.9. The topological polar surface area (TPSA) is 66.4 Å². The number of carboxylic acid groups (broad SMARTS) is 1. The second kappa shape index (κ2) is 6.40. The van der Waals surface area contributed by atoms with Gasteiger partial charge in [0.1, 0.15) is 0 Å². The number of carbonyl (C=O) groups is 2. The second-order valence-electron chi connectivity index (χ2n) is 6.98. The lowest BCUT2D eigenvalue weighted by Gasteiger charge is -2.32. The summed E-state index contributed by atoms with van der Waals surface area (Å²) in [6.07, 6.45) is 5.22. The summed E-state index contributed by atoms with van der Waals surface area (Å²) < 4.78 is 0. The molecule has 2 N–H and O–H groups in total. The fourth-order valence-electron chi connectivity index (χ4n) is 2.64. The summed E-state index contributed by atoms with van der Waals surface area (Å²) in [5.74, 6) is -0.924. The molecule has 0 aliphatic heterocycles. The summed E-state index contributed by atoms with van der Waals surface area (Å²) in [4.78, 5) is 23.4. The van der Waals surface area contributed by atoms with Gasteiger partial charge in [0, 0.05) is 13.0 Å². The molecule has 0 unspecified atom stereocenters. The van der Waals surface area contributed by atoms with Crippen molar-refractivity contribution < 1.29 is 14.7 Å². The first kappa shape index (κ1) is 16.0. The van der Waals surface area contributed by atoms with Gasteiger partial charge in [-0.05, 0) is 24.7 Å². The molecule has 1 rings (SSSR count). The van der Waals surface area contributed by atoms with E-state index in [1.54, 1.807) is 0 Å². The van der Waals surface area contributed by atoms with Gasteiger partial charge in [0.05, 0.1) is 5.41 Å². The first-order valence-corrected chi connectivity index (χ1v) is 7.25. The molecule has 0 aromatic carbocycles. The number of nitrogens with one attached hydrogen (secondary N) is 1. The van der Waals surface area contributed by atoms with Crippen LogP contribution in [0.1, 0.15) is 65.7 Å². The summed E-state index contributed by atoms with van der Waals surface area (Å²) in [5, 5.41) is 12.3. The van der Waals surface area contributed by atoms with Crippen molar-refractivity contribution >= 4 is 11.9 Å². The molecule has 0 atom stereocenters. The van der Waals surface area contributed by atoms with Crippen LogP contribution in [0.15, 0.2) is 0 Å². The highest BCUT2D eigenvalue weighted by Gasteiger charge is 2.41. The van der Waals surface area contributed by atoms with E-state index in [0.29, 0.717) is 19.4 Å². The van der Waals surface area contributed by atoms with Gasteiger partial charge in [0.25, 0.3) is 0 Å². The lowest BCUT2D eigenvalue weighted by Crippen LogP contribution is -2.39. The van der Waals surface area contributed by atoms with E-state index >= 15 is 0 Å². The van der Waals surface area contributed by atoms with Gasteiger partial charge in [-0.25, -0.2) is 0 Å². The van der Waals surface area contributed by atoms with Crippen LogP contribution in [0.25, 0.3) is 0 Å². The quantitative estimate of drug-likeness (QED) is 0.806. The Hall–Kier alpha value is -1.06. The molecular weight excluding hydrogens is 242 g/mol. The maximum Gasteiger partial charge on any atom is 0.310 e. The largest absolute Gasteiger partial charge is 0.481 e. The number of aliphatic carboxylic acids is 1. The molecule has 4 heteroatoms. The van der Waals surface area contributed by atoms with Crippen molar-refractivity contribution in [1.82, 2.24) is 5.32 Å². The van der Waals surface area contributed by atoms with Crippen molar-refractivity contribution in [2.24, 2.45) is 10.8 Å². The zero-order chi connectivity index (χ0) is 14.5. The Bertz CT molecular complexity index is 325. The molecule has 0 heterocycles. The van der Waals surface area contributed by atoms with E-state index in [0.717, 1.165) is 25.7 Å². The van der Waals surface area contributed by atoms with E-state index in [-0.39, 0.29) is 17.7 Å². The number of hydrogen-bond acceptors (Lipinski definition) is 2. The third kappa shape index (κ3) is 5.21. The molecule has 110 valence electrons. The zero-order valence-electron chi connectivity index (χ0n) is 12.4. The predicted octanol–water partition coefficient (Wildman–Crippen LogP) is 2.96. The normalized spacial score (nSPS) is 18.9. The lowest BCUT2D eigenvalue weighted by atomic mass is 9.71. The van der Waals surface area contributed by atoms with Crippen molar-refractivity contribution in [3.8, 4) is 0 Å². The summed E-state index contributed by atoms with van der Waals surface area (Å²) in [6, 6.07) is 0. The summed E-state index contributed by atoms with van der Waals surface area (Å²) in [6.45, 7) is 7.00. The molecule has 1 amide bonds. The van der Waals surface area contributed by atoms with Crippen LogP contribution in [-0.4, -0.2) is 23.5 Å². The Morgan fingerprint density at radius 3 is 2.21 bits per heavy atom. The molecule has 19 heavy (non-hydrogen) atoms. The first-order chi connectivity index (χ1) is 8.75. The van der Waals surface area contributed by atoms with Gasteiger partial charge in [-0.3, -0.25) is 9.59 Å². The number of rotatable bonds is 5. The van der Waals surface area contributed by atoms with Crippen LogP contribution in [0.2, 0.25) is 0 Å². The Morgan fingerprint density at radius 2 is 1.74 bits per heavy atom. The third-order valence-electron chi connectivity index (χ3n) is 3.96. The van der Waals surface area contributed by atoms with Gasteiger partial charge < -0.3 is 10.4 Å². The van der Waals surface area contributed by atoms with Crippen molar-refractivity contribution in [1.29, 1.82) is 0 Å². The van der Waals surface area contributed by atoms with Crippen LogP contribution in [0.3, 0.4) is 0 Å². The van der Waals surface area contributed by atoms with Gasteiger partial charge >= 0.3 is 5.97 Å². The van der Waals surface area contributed by atoms with Crippen LogP contribution in [-0.2, 0) is 9.59 Å². The van der Waals surface area contributed by atoms with Crippen molar-refractivity contribution in [2.45, 2.75) is 65.7 Å². The molecule has 1 saturated carbocycles. The molecule has 0 saturated heterocycles. The molecule has 0 aromatic rings. The zero-order valence-corrected chi connectivity index (χ0v) is 12.4. The van der Waals surface area contributed by atoms with Crippen LogP contribution in [0.5, 0.6) is 0 Å². The minimum atomic E-state index is -0.815. The second-order valence-corrected chi connectivity index (χ2v) is 6.98. The van der Waals surface area contributed by atoms with Gasteiger partial charge in [0.2, 0.25) is 5.91 Å². The maximum absolute atomic E-state index is 11.9. The van der Waals surface area contributed by atoms with Gasteiger partial charge in [-0.15, -0.1) is 0 Å². The van der Waals surface area contributed by atoms with Crippen LogP contribution >= 0.6 is 0 Å². The van der Waals surface area contributed by atoms with Crippen LogP contribution in [0, 0.1) is 10.8 Å². The summed E-state index contributed by atoms with van der Waals surface area (Å²) in [5.41, 5.74) is -0.632. The van der Waals surface area contributed by atoms with Crippen molar-refractivity contribution in [3.63, 3.8) is 0 Å². The van der Waals surface area contributed by atoms with E-state index in [1.807, 2.05) is 0 Å². The molecule has 0 bridgehead atoms. The van der Waals surface area contributed by atoms with Crippen LogP contribution < -0.4 is 5.32 Å². The Kier molecular flexibility index (Phi) is 5.39. The van der Waals surface area contributed by atoms with Crippen molar-refractivity contribution in [2.75, 3.05) is 6.54 Å². The predicted molar refractivity (Wildman–Crippen MR) is 74.9 cm³/mol. The highest BCUT2D eigenvalue weighted by atomic mass is 16.4. The highest BCUT2D eigenvalue weighted by Crippen LogP contribution is 2.39. The monoisotopic (exact) mass is 269 g/mol. The molecule has 0 spiro atoms. The van der Waals surface area contributed by atoms with Gasteiger partial charge in [-0.1, -0.05) is 40.0 Å². The molecule has 0 aromatic heterocycles. The minimum Gasteiger partial charge on any atom is -0.481 e. The Morgan fingerprint density at radius 1 is 1.16 bits per heavy atom. The summed E-state index contributed by atoms with van der Waals surface area (Å²) in [7, 11) is 0. The van der Waals surface area contributed by atoms with Gasteiger partial charge in [0.15, 0.2) is 0 Å². The third-order valence-corrected chi connectivity index (χ3v) is 3.96. The molecule has 1 aliphatic rings. The number of amides is 1. The molecular formula is C15H27NO3. The number of hydrogen-bond donors (Lipinski definition) is 2. The van der Waals surface area contributed by atoms with E-state index in [2.05, 4.69) is 26.1 Å². The first-order valence-electron chi connectivity index (χ1n) is 7.25. The van der Waals surface area contributed by atoms with E-state index in [4.69, 9.17) is 0 Å². The fraction of sp³-hybridized carbons (Fsp3) is 0.867. The van der Waals surface area contributed by atoms with E-state index in [9.17, 15) is 14.7 Å². The standard InChI is InChI=1S/C15H27NO3/c1-14(2,3)9-10-16-12(17)11-15(13(18)19)7-5-4-6-8-15/h4-11H2,1-3H3,(H,16,17)(H,18,19). The Balaban J connectivity index is 2.46.